The zero-order valence-electron chi connectivity index (χ0n) is 11.7. The Labute approximate surface area is 114 Å². The summed E-state index contributed by atoms with van der Waals surface area (Å²) in [7, 11) is 0. The molecule has 0 atom stereocenters. The summed E-state index contributed by atoms with van der Waals surface area (Å²) in [5.41, 5.74) is 1.92. The van der Waals surface area contributed by atoms with E-state index in [0.717, 1.165) is 6.42 Å². The number of benzene rings is 1. The van der Waals surface area contributed by atoms with Crippen LogP contribution in [0.5, 0.6) is 0 Å². The lowest BCUT2D eigenvalue weighted by Crippen LogP contribution is -2.33. The van der Waals surface area contributed by atoms with Gasteiger partial charge in [0, 0.05) is 25.6 Å². The van der Waals surface area contributed by atoms with Gasteiger partial charge in [0.25, 0.3) is 5.91 Å². The van der Waals surface area contributed by atoms with Crippen molar-refractivity contribution in [2.24, 2.45) is 0 Å². The van der Waals surface area contributed by atoms with Crippen molar-refractivity contribution in [2.45, 2.75) is 33.1 Å². The lowest BCUT2D eigenvalue weighted by Gasteiger charge is -2.06. The summed E-state index contributed by atoms with van der Waals surface area (Å²) in [5.74, 6) is -0.193. The molecule has 1 rings (SSSR count). The SMILES string of the molecule is CCCCc1ccc(C(=O)NCCNC(C)=O)cc1. The van der Waals surface area contributed by atoms with Gasteiger partial charge in [-0.2, -0.15) is 0 Å². The van der Waals surface area contributed by atoms with E-state index < -0.39 is 0 Å². The van der Waals surface area contributed by atoms with Crippen molar-refractivity contribution in [3.05, 3.63) is 35.4 Å². The first-order chi connectivity index (χ1) is 9.13. The summed E-state index contributed by atoms with van der Waals surface area (Å²) in [6.07, 6.45) is 3.40. The fraction of sp³-hybridized carbons (Fsp3) is 0.467. The number of hydrogen-bond donors (Lipinski definition) is 2. The smallest absolute Gasteiger partial charge is 0.251 e. The fourth-order valence-corrected chi connectivity index (χ4v) is 1.72. The molecular formula is C15H22N2O2. The largest absolute Gasteiger partial charge is 0.355 e. The van der Waals surface area contributed by atoms with Gasteiger partial charge in [0.05, 0.1) is 0 Å². The minimum atomic E-state index is -0.104. The molecule has 4 nitrogen and oxygen atoms in total. The minimum absolute atomic E-state index is 0.0884. The van der Waals surface area contributed by atoms with E-state index in [9.17, 15) is 9.59 Å². The van der Waals surface area contributed by atoms with E-state index in [1.54, 1.807) is 0 Å². The van der Waals surface area contributed by atoms with Gasteiger partial charge in [-0.15, -0.1) is 0 Å². The molecule has 0 saturated carbocycles. The van der Waals surface area contributed by atoms with Crippen LogP contribution in [0.3, 0.4) is 0 Å². The second kappa shape index (κ2) is 8.29. The molecule has 0 spiro atoms. The van der Waals surface area contributed by atoms with E-state index in [1.807, 2.05) is 24.3 Å². The first-order valence-corrected chi connectivity index (χ1v) is 6.75. The molecule has 2 N–H and O–H groups in total. The first kappa shape index (κ1) is 15.2. The summed E-state index contributed by atoms with van der Waals surface area (Å²) in [5, 5.41) is 5.39. The van der Waals surface area contributed by atoms with Crippen LogP contribution in [0, 0.1) is 0 Å². The van der Waals surface area contributed by atoms with Crippen LogP contribution in [0.15, 0.2) is 24.3 Å². The van der Waals surface area contributed by atoms with E-state index >= 15 is 0 Å². The molecular weight excluding hydrogens is 240 g/mol. The van der Waals surface area contributed by atoms with E-state index in [0.29, 0.717) is 18.7 Å². The normalized spacial score (nSPS) is 10.0. The molecule has 1 aromatic rings. The topological polar surface area (TPSA) is 58.2 Å². The Morgan fingerprint density at radius 1 is 1.05 bits per heavy atom. The Balaban J connectivity index is 2.37. The molecule has 0 heterocycles. The maximum Gasteiger partial charge on any atom is 0.251 e. The molecule has 0 radical (unpaired) electrons. The number of amides is 2. The van der Waals surface area contributed by atoms with Gasteiger partial charge >= 0.3 is 0 Å². The van der Waals surface area contributed by atoms with E-state index in [1.165, 1.54) is 25.3 Å². The highest BCUT2D eigenvalue weighted by molar-refractivity contribution is 5.94. The van der Waals surface area contributed by atoms with Crippen molar-refractivity contribution in [2.75, 3.05) is 13.1 Å². The zero-order chi connectivity index (χ0) is 14.1. The Hall–Kier alpha value is -1.84. The maximum atomic E-state index is 11.8. The van der Waals surface area contributed by atoms with Gasteiger partial charge in [0.2, 0.25) is 5.91 Å². The Bertz CT molecular complexity index is 413. The van der Waals surface area contributed by atoms with Gasteiger partial charge in [0.1, 0.15) is 0 Å². The Kier molecular flexibility index (Phi) is 6.64. The lowest BCUT2D eigenvalue weighted by atomic mass is 10.1. The Morgan fingerprint density at radius 2 is 1.68 bits per heavy atom. The number of carbonyl (C=O) groups is 2. The van der Waals surface area contributed by atoms with Gasteiger partial charge in [0.15, 0.2) is 0 Å². The molecule has 0 aliphatic heterocycles. The van der Waals surface area contributed by atoms with E-state index in [-0.39, 0.29) is 11.8 Å². The average molecular weight is 262 g/mol. The predicted molar refractivity (Wildman–Crippen MR) is 76.1 cm³/mol. The summed E-state index contributed by atoms with van der Waals surface area (Å²) in [6, 6.07) is 7.69. The van der Waals surface area contributed by atoms with Crippen LogP contribution < -0.4 is 10.6 Å². The number of carbonyl (C=O) groups excluding carboxylic acids is 2. The summed E-state index contributed by atoms with van der Waals surface area (Å²) < 4.78 is 0. The van der Waals surface area contributed by atoms with Gasteiger partial charge < -0.3 is 10.6 Å². The van der Waals surface area contributed by atoms with Gasteiger partial charge in [-0.3, -0.25) is 9.59 Å². The third-order valence-corrected chi connectivity index (χ3v) is 2.82. The number of unbranched alkanes of at least 4 members (excludes halogenated alkanes) is 1. The highest BCUT2D eigenvalue weighted by Crippen LogP contribution is 2.07. The van der Waals surface area contributed by atoms with Crippen molar-refractivity contribution in [3.8, 4) is 0 Å². The Morgan fingerprint density at radius 3 is 2.26 bits per heavy atom. The zero-order valence-corrected chi connectivity index (χ0v) is 11.7. The molecule has 19 heavy (non-hydrogen) atoms. The first-order valence-electron chi connectivity index (χ1n) is 6.75. The maximum absolute atomic E-state index is 11.8. The summed E-state index contributed by atoms with van der Waals surface area (Å²) in [6.45, 7) is 4.51. The third kappa shape index (κ3) is 6.04. The number of nitrogens with one attached hydrogen (secondary N) is 2. The molecule has 4 heteroatoms. The molecule has 0 aliphatic carbocycles. The molecule has 104 valence electrons. The molecule has 1 aromatic carbocycles. The van der Waals surface area contributed by atoms with E-state index in [4.69, 9.17) is 0 Å². The van der Waals surface area contributed by atoms with Crippen LogP contribution in [0.4, 0.5) is 0 Å². The number of rotatable bonds is 7. The number of hydrogen-bond acceptors (Lipinski definition) is 2. The summed E-state index contributed by atoms with van der Waals surface area (Å²) in [4.78, 5) is 22.4. The standard InChI is InChI=1S/C15H22N2O2/c1-3-4-5-13-6-8-14(9-7-13)15(19)17-11-10-16-12(2)18/h6-9H,3-5,10-11H2,1-2H3,(H,16,18)(H,17,19). The molecule has 0 aliphatic rings. The van der Waals surface area contributed by atoms with Crippen molar-refractivity contribution < 1.29 is 9.59 Å². The van der Waals surface area contributed by atoms with Crippen molar-refractivity contribution >= 4 is 11.8 Å². The van der Waals surface area contributed by atoms with Crippen molar-refractivity contribution in [3.63, 3.8) is 0 Å². The van der Waals surface area contributed by atoms with Gasteiger partial charge in [-0.05, 0) is 30.5 Å². The molecule has 0 bridgehead atoms. The highest BCUT2D eigenvalue weighted by Gasteiger charge is 2.04. The number of aryl methyl sites for hydroxylation is 1. The van der Waals surface area contributed by atoms with Crippen molar-refractivity contribution in [1.82, 2.24) is 10.6 Å². The predicted octanol–water partition coefficient (Wildman–Crippen LogP) is 1.90. The molecule has 0 unspecified atom stereocenters. The van der Waals surface area contributed by atoms with Crippen LogP contribution in [0.25, 0.3) is 0 Å². The average Bonchev–Trinajstić information content (AvgIpc) is 2.41. The van der Waals surface area contributed by atoms with Crippen LogP contribution >= 0.6 is 0 Å². The van der Waals surface area contributed by atoms with E-state index in [2.05, 4.69) is 17.6 Å². The molecule has 0 aromatic heterocycles. The van der Waals surface area contributed by atoms with Crippen LogP contribution in [0.1, 0.15) is 42.6 Å². The lowest BCUT2D eigenvalue weighted by molar-refractivity contribution is -0.118. The third-order valence-electron chi connectivity index (χ3n) is 2.82. The highest BCUT2D eigenvalue weighted by atomic mass is 16.2. The fourth-order valence-electron chi connectivity index (χ4n) is 1.72. The van der Waals surface area contributed by atoms with Crippen LogP contribution in [0.2, 0.25) is 0 Å². The molecule has 0 saturated heterocycles. The minimum Gasteiger partial charge on any atom is -0.355 e. The monoisotopic (exact) mass is 262 g/mol. The molecule has 2 amide bonds. The molecule has 0 fully saturated rings. The van der Waals surface area contributed by atoms with Gasteiger partial charge in [-0.1, -0.05) is 25.5 Å². The van der Waals surface area contributed by atoms with Crippen LogP contribution in [-0.2, 0) is 11.2 Å². The summed E-state index contributed by atoms with van der Waals surface area (Å²) >= 11 is 0. The van der Waals surface area contributed by atoms with Crippen molar-refractivity contribution in [1.29, 1.82) is 0 Å². The van der Waals surface area contributed by atoms with Gasteiger partial charge in [-0.25, -0.2) is 0 Å². The second-order valence-electron chi connectivity index (χ2n) is 4.54. The second-order valence-corrected chi connectivity index (χ2v) is 4.54. The quantitative estimate of drug-likeness (QED) is 0.737. The van der Waals surface area contributed by atoms with Crippen LogP contribution in [-0.4, -0.2) is 24.9 Å².